The van der Waals surface area contributed by atoms with Gasteiger partial charge in [-0.3, -0.25) is 9.36 Å². The Morgan fingerprint density at radius 1 is 1.33 bits per heavy atom. The summed E-state index contributed by atoms with van der Waals surface area (Å²) in [6.07, 6.45) is 0. The van der Waals surface area contributed by atoms with Crippen molar-refractivity contribution in [3.63, 3.8) is 0 Å². The van der Waals surface area contributed by atoms with Crippen molar-refractivity contribution >= 4 is 15.9 Å². The normalized spacial score (nSPS) is 10.1. The third-order valence-electron chi connectivity index (χ3n) is 2.56. The Morgan fingerprint density at radius 3 is 2.67 bits per heavy atom. The molecule has 0 N–H and O–H groups in total. The highest BCUT2D eigenvalue weighted by Crippen LogP contribution is 2.19. The molecule has 5 heteroatoms. The molecule has 18 heavy (non-hydrogen) atoms. The van der Waals surface area contributed by atoms with Crippen LogP contribution in [0.2, 0.25) is 0 Å². The van der Waals surface area contributed by atoms with Crippen LogP contribution >= 0.6 is 15.9 Å². The lowest BCUT2D eigenvalue weighted by atomic mass is 10.2. The minimum atomic E-state index is -0.406. The average Bonchev–Trinajstić information content (AvgIpc) is 2.34. The van der Waals surface area contributed by atoms with Gasteiger partial charge in [0.1, 0.15) is 17.4 Å². The number of benzene rings is 1. The number of pyridine rings is 1. The number of aromatic nitrogens is 1. The molecule has 1 aromatic carbocycles. The first-order valence-electron chi connectivity index (χ1n) is 5.13. The summed E-state index contributed by atoms with van der Waals surface area (Å²) in [6, 6.07) is 9.26. The van der Waals surface area contributed by atoms with Gasteiger partial charge in [-0.25, -0.2) is 4.39 Å². The van der Waals surface area contributed by atoms with Crippen LogP contribution in [-0.4, -0.2) is 4.57 Å². The van der Waals surface area contributed by atoms with Gasteiger partial charge in [-0.2, -0.15) is 5.26 Å². The maximum absolute atomic E-state index is 13.2. The third kappa shape index (κ3) is 2.07. The summed E-state index contributed by atoms with van der Waals surface area (Å²) >= 11 is 3.07. The molecule has 0 fully saturated rings. The minimum absolute atomic E-state index is 0.0565. The molecule has 0 bridgehead atoms. The van der Waals surface area contributed by atoms with Crippen LogP contribution in [0.4, 0.5) is 4.39 Å². The lowest BCUT2D eigenvalue weighted by Crippen LogP contribution is -2.22. The maximum atomic E-state index is 13.2. The van der Waals surface area contributed by atoms with Gasteiger partial charge in [0.25, 0.3) is 5.56 Å². The van der Waals surface area contributed by atoms with Crippen molar-refractivity contribution in [2.75, 3.05) is 0 Å². The van der Waals surface area contributed by atoms with Gasteiger partial charge in [0, 0.05) is 5.69 Å². The van der Waals surface area contributed by atoms with E-state index < -0.39 is 11.4 Å². The van der Waals surface area contributed by atoms with Crippen LogP contribution in [-0.2, 0) is 0 Å². The van der Waals surface area contributed by atoms with Gasteiger partial charge >= 0.3 is 0 Å². The molecule has 2 rings (SSSR count). The molecular formula is C13H8BrFN2O. The molecule has 0 saturated carbocycles. The highest BCUT2D eigenvalue weighted by molar-refractivity contribution is 9.10. The van der Waals surface area contributed by atoms with Crippen molar-refractivity contribution in [3.8, 4) is 11.8 Å². The number of nitrogens with zero attached hydrogens (tertiary/aromatic N) is 2. The Hall–Kier alpha value is -1.93. The molecule has 90 valence electrons. The van der Waals surface area contributed by atoms with E-state index in [9.17, 15) is 9.18 Å². The average molecular weight is 307 g/mol. The van der Waals surface area contributed by atoms with Crippen molar-refractivity contribution in [2.24, 2.45) is 0 Å². The molecule has 1 heterocycles. The van der Waals surface area contributed by atoms with E-state index in [2.05, 4.69) is 15.9 Å². The second kappa shape index (κ2) is 4.75. The predicted octanol–water partition coefficient (Wildman–Crippen LogP) is 2.92. The van der Waals surface area contributed by atoms with E-state index >= 15 is 0 Å². The van der Waals surface area contributed by atoms with Gasteiger partial charge in [0.2, 0.25) is 0 Å². The molecule has 2 aromatic rings. The van der Waals surface area contributed by atoms with Gasteiger partial charge in [-0.15, -0.1) is 0 Å². The zero-order chi connectivity index (χ0) is 13.3. The summed E-state index contributed by atoms with van der Waals surface area (Å²) in [5.74, 6) is -0.402. The second-order valence-corrected chi connectivity index (χ2v) is 4.59. The van der Waals surface area contributed by atoms with Crippen molar-refractivity contribution < 1.29 is 4.39 Å². The Bertz CT molecular complexity index is 716. The monoisotopic (exact) mass is 306 g/mol. The quantitative estimate of drug-likeness (QED) is 0.813. The summed E-state index contributed by atoms with van der Waals surface area (Å²) in [7, 11) is 0. The van der Waals surface area contributed by atoms with Crippen LogP contribution in [0.25, 0.3) is 5.69 Å². The first-order valence-corrected chi connectivity index (χ1v) is 5.92. The van der Waals surface area contributed by atoms with Gasteiger partial charge < -0.3 is 0 Å². The van der Waals surface area contributed by atoms with Gasteiger partial charge in [-0.05, 0) is 53.2 Å². The summed E-state index contributed by atoms with van der Waals surface area (Å²) in [5, 5.41) is 8.85. The number of rotatable bonds is 1. The number of nitriles is 1. The van der Waals surface area contributed by atoms with E-state index in [-0.39, 0.29) is 10.0 Å². The summed E-state index contributed by atoms with van der Waals surface area (Å²) in [6.45, 7) is 1.75. The molecule has 0 aliphatic rings. The Labute approximate surface area is 111 Å². The van der Waals surface area contributed by atoms with E-state index in [1.54, 1.807) is 13.0 Å². The largest absolute Gasteiger partial charge is 0.280 e. The first-order chi connectivity index (χ1) is 8.54. The second-order valence-electron chi connectivity index (χ2n) is 3.74. The number of hydrogen-bond donors (Lipinski definition) is 0. The van der Waals surface area contributed by atoms with Crippen LogP contribution < -0.4 is 5.56 Å². The summed E-state index contributed by atoms with van der Waals surface area (Å²) < 4.78 is 14.8. The van der Waals surface area contributed by atoms with E-state index in [1.807, 2.05) is 6.07 Å². The standard InChI is InChI=1S/C13H8BrFN2O/c1-8-2-3-9(7-16)13(18)17(8)10-4-5-12(15)11(14)6-10/h2-6H,1H3. The Kier molecular flexibility index (Phi) is 3.30. The molecule has 0 amide bonds. The molecule has 0 aliphatic carbocycles. The zero-order valence-corrected chi connectivity index (χ0v) is 11.0. The fourth-order valence-corrected chi connectivity index (χ4v) is 2.03. The van der Waals surface area contributed by atoms with Crippen LogP contribution in [0.5, 0.6) is 0 Å². The van der Waals surface area contributed by atoms with Crippen LogP contribution in [0.15, 0.2) is 39.6 Å². The Morgan fingerprint density at radius 2 is 2.06 bits per heavy atom. The van der Waals surface area contributed by atoms with Crippen molar-refractivity contribution in [1.29, 1.82) is 5.26 Å². The van der Waals surface area contributed by atoms with Crippen LogP contribution in [0.3, 0.4) is 0 Å². The van der Waals surface area contributed by atoms with E-state index in [0.29, 0.717) is 11.4 Å². The maximum Gasteiger partial charge on any atom is 0.273 e. The topological polar surface area (TPSA) is 45.8 Å². The molecule has 0 saturated heterocycles. The van der Waals surface area contributed by atoms with Crippen LogP contribution in [0.1, 0.15) is 11.3 Å². The van der Waals surface area contributed by atoms with Crippen LogP contribution in [0, 0.1) is 24.1 Å². The smallest absolute Gasteiger partial charge is 0.273 e. The first kappa shape index (κ1) is 12.5. The molecular weight excluding hydrogens is 299 g/mol. The summed E-state index contributed by atoms with van der Waals surface area (Å²) in [4.78, 5) is 12.0. The highest BCUT2D eigenvalue weighted by Gasteiger charge is 2.09. The molecule has 0 radical (unpaired) electrons. The SMILES string of the molecule is Cc1ccc(C#N)c(=O)n1-c1ccc(F)c(Br)c1. The zero-order valence-electron chi connectivity index (χ0n) is 9.45. The highest BCUT2D eigenvalue weighted by atomic mass is 79.9. The molecule has 0 aliphatic heterocycles. The molecule has 0 atom stereocenters. The van der Waals surface area contributed by atoms with E-state index in [4.69, 9.17) is 5.26 Å². The Balaban J connectivity index is 2.75. The third-order valence-corrected chi connectivity index (χ3v) is 3.17. The van der Waals surface area contributed by atoms with E-state index in [1.165, 1.54) is 28.8 Å². The van der Waals surface area contributed by atoms with Gasteiger partial charge in [0.15, 0.2) is 0 Å². The lowest BCUT2D eigenvalue weighted by Gasteiger charge is -2.10. The van der Waals surface area contributed by atoms with Gasteiger partial charge in [0.05, 0.1) is 10.2 Å². The number of halogens is 2. The molecule has 0 spiro atoms. The number of hydrogen-bond acceptors (Lipinski definition) is 2. The minimum Gasteiger partial charge on any atom is -0.280 e. The van der Waals surface area contributed by atoms with Gasteiger partial charge in [-0.1, -0.05) is 0 Å². The predicted molar refractivity (Wildman–Crippen MR) is 69.1 cm³/mol. The fraction of sp³-hybridized carbons (Fsp3) is 0.0769. The van der Waals surface area contributed by atoms with Crippen molar-refractivity contribution in [2.45, 2.75) is 6.92 Å². The van der Waals surface area contributed by atoms with E-state index in [0.717, 1.165) is 0 Å². The number of aryl methyl sites for hydroxylation is 1. The summed E-state index contributed by atoms with van der Waals surface area (Å²) in [5.41, 5.74) is 0.845. The molecule has 3 nitrogen and oxygen atoms in total. The van der Waals surface area contributed by atoms with Crippen molar-refractivity contribution in [1.82, 2.24) is 4.57 Å². The fourth-order valence-electron chi connectivity index (χ4n) is 1.66. The lowest BCUT2D eigenvalue weighted by molar-refractivity contribution is 0.620. The molecule has 0 unspecified atom stereocenters. The molecule has 1 aromatic heterocycles. The van der Waals surface area contributed by atoms with Crippen molar-refractivity contribution in [3.05, 3.63) is 62.2 Å².